The van der Waals surface area contributed by atoms with Gasteiger partial charge in [0.05, 0.1) is 12.7 Å². The third-order valence-corrected chi connectivity index (χ3v) is 4.08. The van der Waals surface area contributed by atoms with E-state index in [0.29, 0.717) is 5.92 Å². The summed E-state index contributed by atoms with van der Waals surface area (Å²) in [6, 6.07) is 14.5. The molecule has 0 radical (unpaired) electrons. The van der Waals surface area contributed by atoms with E-state index in [4.69, 9.17) is 4.74 Å². The lowest BCUT2D eigenvalue weighted by molar-refractivity contribution is 0.199. The Hall–Kier alpha value is -1.80. The van der Waals surface area contributed by atoms with E-state index in [9.17, 15) is 5.11 Å². The molecule has 0 saturated carbocycles. The van der Waals surface area contributed by atoms with Gasteiger partial charge in [0.2, 0.25) is 0 Å². The fourth-order valence-corrected chi connectivity index (χ4v) is 2.80. The zero-order valence-electron chi connectivity index (χ0n) is 12.0. The minimum Gasteiger partial charge on any atom is -0.493 e. The Bertz CT molecular complexity index is 617. The van der Waals surface area contributed by atoms with Crippen LogP contribution in [-0.2, 0) is 6.42 Å². The molecule has 2 atom stereocenters. The number of ether oxygens (including phenoxy) is 1. The zero-order valence-corrected chi connectivity index (χ0v) is 12.0. The van der Waals surface area contributed by atoms with E-state index in [1.165, 1.54) is 11.1 Å². The van der Waals surface area contributed by atoms with Crippen LogP contribution in [0.4, 0.5) is 0 Å². The molecule has 20 heavy (non-hydrogen) atoms. The number of benzene rings is 2. The minimum atomic E-state index is -0.429. The Morgan fingerprint density at radius 3 is 2.75 bits per heavy atom. The Kier molecular flexibility index (Phi) is 3.49. The van der Waals surface area contributed by atoms with Gasteiger partial charge in [-0.05, 0) is 54.7 Å². The predicted molar refractivity (Wildman–Crippen MR) is 80.2 cm³/mol. The molecule has 0 amide bonds. The number of rotatable bonds is 4. The molecule has 2 aromatic rings. The van der Waals surface area contributed by atoms with Gasteiger partial charge in [-0.3, -0.25) is 0 Å². The van der Waals surface area contributed by atoms with Crippen molar-refractivity contribution in [2.24, 2.45) is 0 Å². The van der Waals surface area contributed by atoms with Crippen molar-refractivity contribution in [2.75, 3.05) is 6.61 Å². The molecule has 1 aliphatic carbocycles. The summed E-state index contributed by atoms with van der Waals surface area (Å²) < 4.78 is 5.95. The minimum absolute atomic E-state index is 0.429. The van der Waals surface area contributed by atoms with Gasteiger partial charge in [0.1, 0.15) is 5.75 Å². The number of hydrogen-bond donors (Lipinski definition) is 1. The first-order chi connectivity index (χ1) is 9.65. The van der Waals surface area contributed by atoms with Crippen molar-refractivity contribution < 1.29 is 9.84 Å². The Morgan fingerprint density at radius 1 is 1.25 bits per heavy atom. The van der Waals surface area contributed by atoms with Gasteiger partial charge in [0, 0.05) is 5.92 Å². The third kappa shape index (κ3) is 2.44. The lowest BCUT2D eigenvalue weighted by Gasteiger charge is -2.30. The molecule has 0 bridgehead atoms. The maximum Gasteiger partial charge on any atom is 0.122 e. The van der Waals surface area contributed by atoms with E-state index >= 15 is 0 Å². The van der Waals surface area contributed by atoms with Crippen LogP contribution in [0.25, 0.3) is 0 Å². The summed E-state index contributed by atoms with van der Waals surface area (Å²) in [4.78, 5) is 0. The van der Waals surface area contributed by atoms with E-state index in [0.717, 1.165) is 29.9 Å². The number of aryl methyl sites for hydroxylation is 1. The molecule has 1 N–H and O–H groups in total. The van der Waals surface area contributed by atoms with Crippen molar-refractivity contribution in [3.05, 3.63) is 64.7 Å². The molecule has 2 nitrogen and oxygen atoms in total. The second kappa shape index (κ2) is 5.29. The van der Waals surface area contributed by atoms with Crippen LogP contribution in [0, 0.1) is 6.92 Å². The molecular formula is C18H20O2. The molecule has 0 spiro atoms. The second-order valence-corrected chi connectivity index (χ2v) is 5.61. The van der Waals surface area contributed by atoms with Crippen LogP contribution in [0.15, 0.2) is 42.5 Å². The third-order valence-electron chi connectivity index (χ3n) is 4.08. The highest BCUT2D eigenvalue weighted by atomic mass is 16.5. The van der Waals surface area contributed by atoms with Gasteiger partial charge in [-0.1, -0.05) is 30.3 Å². The molecule has 0 aromatic heterocycles. The van der Waals surface area contributed by atoms with Crippen LogP contribution in [0.1, 0.15) is 41.2 Å². The van der Waals surface area contributed by atoms with Crippen LogP contribution < -0.4 is 4.74 Å². The van der Waals surface area contributed by atoms with Crippen molar-refractivity contribution in [1.82, 2.24) is 0 Å². The molecule has 2 heteroatoms. The highest BCUT2D eigenvalue weighted by Crippen LogP contribution is 2.35. The first kappa shape index (κ1) is 13.2. The average molecular weight is 268 g/mol. The van der Waals surface area contributed by atoms with Gasteiger partial charge in [-0.15, -0.1) is 0 Å². The SMILES string of the molecule is Cc1cc([C@H](C)O)ccc1OCC1Cc2ccccc21. The van der Waals surface area contributed by atoms with Gasteiger partial charge < -0.3 is 9.84 Å². The molecule has 1 unspecified atom stereocenters. The first-order valence-electron chi connectivity index (χ1n) is 7.14. The average Bonchev–Trinajstić information content (AvgIpc) is 2.41. The fraction of sp³-hybridized carbons (Fsp3) is 0.333. The van der Waals surface area contributed by atoms with Crippen LogP contribution in [0.2, 0.25) is 0 Å². The summed E-state index contributed by atoms with van der Waals surface area (Å²) in [7, 11) is 0. The van der Waals surface area contributed by atoms with Crippen molar-refractivity contribution >= 4 is 0 Å². The van der Waals surface area contributed by atoms with Crippen molar-refractivity contribution in [1.29, 1.82) is 0 Å². The summed E-state index contributed by atoms with van der Waals surface area (Å²) in [6.07, 6.45) is 0.683. The molecule has 3 rings (SSSR count). The maximum absolute atomic E-state index is 9.57. The highest BCUT2D eigenvalue weighted by molar-refractivity contribution is 5.41. The zero-order chi connectivity index (χ0) is 14.1. The predicted octanol–water partition coefficient (Wildman–Crippen LogP) is 3.77. The van der Waals surface area contributed by atoms with E-state index in [-0.39, 0.29) is 0 Å². The lowest BCUT2D eigenvalue weighted by Crippen LogP contribution is -2.23. The van der Waals surface area contributed by atoms with E-state index in [1.807, 2.05) is 25.1 Å². The van der Waals surface area contributed by atoms with Crippen LogP contribution >= 0.6 is 0 Å². The van der Waals surface area contributed by atoms with Crippen molar-refractivity contribution in [2.45, 2.75) is 32.3 Å². The molecule has 0 aliphatic heterocycles. The smallest absolute Gasteiger partial charge is 0.122 e. The number of aliphatic hydroxyl groups is 1. The molecule has 104 valence electrons. The van der Waals surface area contributed by atoms with Crippen LogP contribution in [0.5, 0.6) is 5.75 Å². The topological polar surface area (TPSA) is 29.5 Å². The first-order valence-corrected chi connectivity index (χ1v) is 7.14. The normalized spacial score (nSPS) is 18.1. The lowest BCUT2D eigenvalue weighted by atomic mass is 9.78. The molecule has 1 aliphatic rings. The van der Waals surface area contributed by atoms with E-state index < -0.39 is 6.10 Å². The molecule has 0 fully saturated rings. The van der Waals surface area contributed by atoms with Crippen LogP contribution in [0.3, 0.4) is 0 Å². The van der Waals surface area contributed by atoms with Crippen LogP contribution in [-0.4, -0.2) is 11.7 Å². The van der Waals surface area contributed by atoms with Gasteiger partial charge in [-0.2, -0.15) is 0 Å². The van der Waals surface area contributed by atoms with E-state index in [2.05, 4.69) is 24.3 Å². The highest BCUT2D eigenvalue weighted by Gasteiger charge is 2.25. The molecule has 0 heterocycles. The second-order valence-electron chi connectivity index (χ2n) is 5.61. The quantitative estimate of drug-likeness (QED) is 0.914. The van der Waals surface area contributed by atoms with Gasteiger partial charge >= 0.3 is 0 Å². The Balaban J connectivity index is 1.65. The molecule has 2 aromatic carbocycles. The molecule has 0 saturated heterocycles. The summed E-state index contributed by atoms with van der Waals surface area (Å²) in [6.45, 7) is 4.53. The van der Waals surface area contributed by atoms with Crippen molar-refractivity contribution in [3.8, 4) is 5.75 Å². The largest absolute Gasteiger partial charge is 0.493 e. The maximum atomic E-state index is 9.57. The van der Waals surface area contributed by atoms with Gasteiger partial charge in [0.15, 0.2) is 0 Å². The number of hydrogen-bond acceptors (Lipinski definition) is 2. The van der Waals surface area contributed by atoms with E-state index in [1.54, 1.807) is 6.92 Å². The van der Waals surface area contributed by atoms with Gasteiger partial charge in [-0.25, -0.2) is 0 Å². The Labute approximate surface area is 120 Å². The Morgan fingerprint density at radius 2 is 2.05 bits per heavy atom. The monoisotopic (exact) mass is 268 g/mol. The standard InChI is InChI=1S/C18H20O2/c1-12-9-14(13(2)19)7-8-18(12)20-11-16-10-15-5-3-4-6-17(15)16/h3-9,13,16,19H,10-11H2,1-2H3/t13-,16?/m0/s1. The number of fused-ring (bicyclic) bond motifs is 1. The van der Waals surface area contributed by atoms with Gasteiger partial charge in [0.25, 0.3) is 0 Å². The summed E-state index contributed by atoms with van der Waals surface area (Å²) >= 11 is 0. The summed E-state index contributed by atoms with van der Waals surface area (Å²) in [5.74, 6) is 1.43. The summed E-state index contributed by atoms with van der Waals surface area (Å²) in [5, 5.41) is 9.57. The molecular weight excluding hydrogens is 248 g/mol. The number of aliphatic hydroxyl groups excluding tert-OH is 1. The van der Waals surface area contributed by atoms with Crippen molar-refractivity contribution in [3.63, 3.8) is 0 Å². The fourth-order valence-electron chi connectivity index (χ4n) is 2.80. The summed E-state index contributed by atoms with van der Waals surface area (Å²) in [5.41, 5.74) is 4.88.